The summed E-state index contributed by atoms with van der Waals surface area (Å²) < 4.78 is 0. The number of rotatable bonds is 5. The van der Waals surface area contributed by atoms with Crippen molar-refractivity contribution in [2.75, 3.05) is 46.8 Å². The number of hydrogen-bond donors (Lipinski definition) is 1. The van der Waals surface area contributed by atoms with Gasteiger partial charge in [-0.3, -0.25) is 9.79 Å². The fourth-order valence-electron chi connectivity index (χ4n) is 3.16. The quantitative estimate of drug-likeness (QED) is 0.604. The highest BCUT2D eigenvalue weighted by atomic mass is 16.2. The fraction of sp³-hybridized carbons (Fsp3) is 0.875. The van der Waals surface area contributed by atoms with Crippen LogP contribution in [0, 0.1) is 0 Å². The van der Waals surface area contributed by atoms with E-state index in [0.29, 0.717) is 6.54 Å². The Labute approximate surface area is 135 Å². The van der Waals surface area contributed by atoms with Gasteiger partial charge in [0.2, 0.25) is 5.91 Å². The highest BCUT2D eigenvalue weighted by molar-refractivity contribution is 5.88. The van der Waals surface area contributed by atoms with Gasteiger partial charge in [-0.25, -0.2) is 0 Å². The highest BCUT2D eigenvalue weighted by Crippen LogP contribution is 2.24. The van der Waals surface area contributed by atoms with E-state index in [1.807, 2.05) is 4.90 Å². The lowest BCUT2D eigenvalue weighted by atomic mass is 9.96. The van der Waals surface area contributed by atoms with Crippen molar-refractivity contribution in [3.05, 3.63) is 0 Å². The van der Waals surface area contributed by atoms with E-state index in [1.54, 1.807) is 7.05 Å². The van der Waals surface area contributed by atoms with Crippen LogP contribution in [0.1, 0.15) is 34.6 Å². The summed E-state index contributed by atoms with van der Waals surface area (Å²) in [7, 11) is 3.87. The zero-order chi connectivity index (χ0) is 16.9. The molecule has 0 atom stereocenters. The van der Waals surface area contributed by atoms with E-state index in [4.69, 9.17) is 0 Å². The Morgan fingerprint density at radius 2 is 2.09 bits per heavy atom. The molecule has 1 rings (SSSR count). The van der Waals surface area contributed by atoms with Crippen LogP contribution in [-0.2, 0) is 4.79 Å². The van der Waals surface area contributed by atoms with Crippen LogP contribution in [0.3, 0.4) is 0 Å². The molecule has 0 radical (unpaired) electrons. The molecule has 1 fully saturated rings. The number of amides is 1. The van der Waals surface area contributed by atoms with Crippen LogP contribution in [0.5, 0.6) is 0 Å². The zero-order valence-corrected chi connectivity index (χ0v) is 15.3. The monoisotopic (exact) mass is 311 g/mol. The molecule has 6 heteroatoms. The van der Waals surface area contributed by atoms with Gasteiger partial charge in [-0.1, -0.05) is 6.92 Å². The maximum absolute atomic E-state index is 12.5. The van der Waals surface area contributed by atoms with Crippen molar-refractivity contribution in [2.45, 2.75) is 46.2 Å². The number of nitrogens with one attached hydrogen (secondary N) is 1. The minimum Gasteiger partial charge on any atom is -0.355 e. The van der Waals surface area contributed by atoms with E-state index in [2.05, 4.69) is 61.8 Å². The minimum absolute atomic E-state index is 0.167. The average molecular weight is 311 g/mol. The molecule has 0 aromatic rings. The van der Waals surface area contributed by atoms with Crippen LogP contribution in [0.25, 0.3) is 0 Å². The van der Waals surface area contributed by atoms with Gasteiger partial charge in [0.15, 0.2) is 5.96 Å². The molecule has 0 aromatic heterocycles. The van der Waals surface area contributed by atoms with Gasteiger partial charge in [-0.15, -0.1) is 0 Å². The smallest absolute Gasteiger partial charge is 0.242 e. The third kappa shape index (κ3) is 4.60. The van der Waals surface area contributed by atoms with Crippen LogP contribution in [-0.4, -0.2) is 85.0 Å². The Morgan fingerprint density at radius 3 is 2.55 bits per heavy atom. The topological polar surface area (TPSA) is 51.2 Å². The molecule has 0 spiro atoms. The maximum Gasteiger partial charge on any atom is 0.242 e. The molecular formula is C16H33N5O. The fourth-order valence-corrected chi connectivity index (χ4v) is 3.16. The average Bonchev–Trinajstić information content (AvgIpc) is 2.40. The normalized spacial score (nSPS) is 19.3. The number of hydrogen-bond acceptors (Lipinski definition) is 3. The van der Waals surface area contributed by atoms with Crippen LogP contribution in [0.15, 0.2) is 4.99 Å². The Hall–Kier alpha value is -1.30. The van der Waals surface area contributed by atoms with Crippen molar-refractivity contribution in [1.29, 1.82) is 0 Å². The summed E-state index contributed by atoms with van der Waals surface area (Å²) in [6.07, 6.45) is 0. The van der Waals surface area contributed by atoms with E-state index in [-0.39, 0.29) is 17.5 Å². The Morgan fingerprint density at radius 1 is 1.45 bits per heavy atom. The van der Waals surface area contributed by atoms with E-state index >= 15 is 0 Å². The molecular weight excluding hydrogens is 278 g/mol. The van der Waals surface area contributed by atoms with Gasteiger partial charge in [0.25, 0.3) is 0 Å². The van der Waals surface area contributed by atoms with Crippen LogP contribution < -0.4 is 5.32 Å². The minimum atomic E-state index is -0.193. The molecule has 1 aliphatic heterocycles. The molecule has 0 aliphatic carbocycles. The first-order valence-corrected chi connectivity index (χ1v) is 8.19. The van der Waals surface area contributed by atoms with Crippen molar-refractivity contribution in [2.24, 2.45) is 4.99 Å². The van der Waals surface area contributed by atoms with Crippen molar-refractivity contribution < 1.29 is 4.79 Å². The van der Waals surface area contributed by atoms with Gasteiger partial charge in [0.1, 0.15) is 0 Å². The summed E-state index contributed by atoms with van der Waals surface area (Å²) >= 11 is 0. The number of piperazine rings is 1. The van der Waals surface area contributed by atoms with Crippen LogP contribution in [0.4, 0.5) is 0 Å². The number of carbonyl (C=O) groups is 1. The van der Waals surface area contributed by atoms with Gasteiger partial charge in [0, 0.05) is 32.7 Å². The second-order valence-corrected chi connectivity index (χ2v) is 6.90. The van der Waals surface area contributed by atoms with Gasteiger partial charge < -0.3 is 20.0 Å². The van der Waals surface area contributed by atoms with E-state index < -0.39 is 0 Å². The summed E-state index contributed by atoms with van der Waals surface area (Å²) in [5, 5.41) is 3.37. The third-order valence-electron chi connectivity index (χ3n) is 4.17. The first-order valence-electron chi connectivity index (χ1n) is 8.19. The number of likely N-dealkylation sites (N-methyl/N-ethyl adjacent to an activating group) is 1. The number of aliphatic imine (C=N–C) groups is 1. The zero-order valence-electron chi connectivity index (χ0n) is 15.3. The molecule has 0 unspecified atom stereocenters. The highest BCUT2D eigenvalue weighted by Gasteiger charge is 2.40. The Bertz CT molecular complexity index is 405. The predicted octanol–water partition coefficient (Wildman–Crippen LogP) is 0.845. The maximum atomic E-state index is 12.5. The molecule has 22 heavy (non-hydrogen) atoms. The molecule has 0 bridgehead atoms. The molecule has 1 saturated heterocycles. The van der Waals surface area contributed by atoms with Crippen molar-refractivity contribution in [3.63, 3.8) is 0 Å². The molecule has 0 aromatic carbocycles. The van der Waals surface area contributed by atoms with Crippen molar-refractivity contribution in [1.82, 2.24) is 20.0 Å². The first kappa shape index (κ1) is 18.7. The summed E-state index contributed by atoms with van der Waals surface area (Å²) in [6.45, 7) is 14.5. The largest absolute Gasteiger partial charge is 0.355 e. The standard InChI is InChI=1S/C16H33N5O/c1-8-19(7)10-9-18-15(17-6)20-11-14(22)21(13(2)3)16(4,5)12-20/h13H,8-12H2,1-7H3,(H,17,18). The van der Waals surface area contributed by atoms with Gasteiger partial charge in [-0.05, 0) is 41.3 Å². The summed E-state index contributed by atoms with van der Waals surface area (Å²) in [6, 6.07) is 0.220. The SMILES string of the molecule is CCN(C)CCNC(=NC)N1CC(=O)N(C(C)C)C(C)(C)C1. The number of guanidine groups is 1. The molecule has 1 aliphatic rings. The van der Waals surface area contributed by atoms with Crippen molar-refractivity contribution >= 4 is 11.9 Å². The van der Waals surface area contributed by atoms with E-state index in [1.165, 1.54) is 0 Å². The molecule has 1 N–H and O–H groups in total. The summed E-state index contributed by atoms with van der Waals surface area (Å²) in [5.74, 6) is 0.981. The van der Waals surface area contributed by atoms with E-state index in [9.17, 15) is 4.79 Å². The van der Waals surface area contributed by atoms with Gasteiger partial charge >= 0.3 is 0 Å². The Kier molecular flexibility index (Phi) is 6.66. The number of nitrogens with zero attached hydrogens (tertiary/aromatic N) is 4. The number of carbonyl (C=O) groups excluding carboxylic acids is 1. The van der Waals surface area contributed by atoms with Gasteiger partial charge in [0.05, 0.1) is 12.1 Å². The first-order chi connectivity index (χ1) is 10.2. The molecule has 1 amide bonds. The molecule has 6 nitrogen and oxygen atoms in total. The summed E-state index contributed by atoms with van der Waals surface area (Å²) in [4.78, 5) is 23.1. The van der Waals surface area contributed by atoms with Crippen molar-refractivity contribution in [3.8, 4) is 0 Å². The third-order valence-corrected chi connectivity index (χ3v) is 4.17. The Balaban J connectivity index is 2.70. The molecule has 128 valence electrons. The summed E-state index contributed by atoms with van der Waals surface area (Å²) in [5.41, 5.74) is -0.193. The second kappa shape index (κ2) is 7.81. The van der Waals surface area contributed by atoms with Crippen LogP contribution in [0.2, 0.25) is 0 Å². The second-order valence-electron chi connectivity index (χ2n) is 6.90. The van der Waals surface area contributed by atoms with Crippen LogP contribution >= 0.6 is 0 Å². The van der Waals surface area contributed by atoms with E-state index in [0.717, 1.165) is 32.1 Å². The lowest BCUT2D eigenvalue weighted by Crippen LogP contribution is -2.66. The molecule has 1 heterocycles. The predicted molar refractivity (Wildman–Crippen MR) is 92.2 cm³/mol. The lowest BCUT2D eigenvalue weighted by Gasteiger charge is -2.49. The molecule has 0 saturated carbocycles. The van der Waals surface area contributed by atoms with Gasteiger partial charge in [-0.2, -0.15) is 0 Å². The lowest BCUT2D eigenvalue weighted by molar-refractivity contribution is -0.145.